The minimum absolute atomic E-state index is 0.747. The first-order chi connectivity index (χ1) is 9.74. The highest BCUT2D eigenvalue weighted by Gasteiger charge is 2.19. The van der Waals surface area contributed by atoms with Gasteiger partial charge in [0.15, 0.2) is 10.6 Å². The fraction of sp³-hybridized carbons (Fsp3) is 0.600. The van der Waals surface area contributed by atoms with E-state index in [0.717, 1.165) is 29.0 Å². The SMILES string of the molecule is CC1CCCC(CCn2c(-c3cccs3)n[nH]c2=S)C1. The van der Waals surface area contributed by atoms with Crippen LogP contribution in [0.3, 0.4) is 0 Å². The van der Waals surface area contributed by atoms with Gasteiger partial charge in [-0.1, -0.05) is 32.3 Å². The average molecular weight is 307 g/mol. The summed E-state index contributed by atoms with van der Waals surface area (Å²) in [5.41, 5.74) is 0. The Bertz CT molecular complexity index is 597. The second-order valence-corrected chi connectivity index (χ2v) is 7.24. The predicted octanol–water partition coefficient (Wildman–Crippen LogP) is 4.89. The number of hydrogen-bond donors (Lipinski definition) is 1. The summed E-state index contributed by atoms with van der Waals surface area (Å²) in [4.78, 5) is 1.19. The lowest BCUT2D eigenvalue weighted by Crippen LogP contribution is -2.15. The summed E-state index contributed by atoms with van der Waals surface area (Å²) in [6, 6.07) is 4.17. The molecule has 0 bridgehead atoms. The van der Waals surface area contributed by atoms with Crippen molar-refractivity contribution < 1.29 is 0 Å². The molecule has 1 N–H and O–H groups in total. The van der Waals surface area contributed by atoms with E-state index in [4.69, 9.17) is 12.2 Å². The Labute approximate surface area is 129 Å². The Morgan fingerprint density at radius 3 is 3.15 bits per heavy atom. The van der Waals surface area contributed by atoms with E-state index in [-0.39, 0.29) is 0 Å². The molecule has 1 saturated carbocycles. The van der Waals surface area contributed by atoms with Gasteiger partial charge in [0.2, 0.25) is 0 Å². The Balaban J connectivity index is 1.71. The number of hydrogen-bond acceptors (Lipinski definition) is 3. The maximum atomic E-state index is 5.39. The molecule has 1 aliphatic carbocycles. The van der Waals surface area contributed by atoms with E-state index in [2.05, 4.69) is 39.2 Å². The van der Waals surface area contributed by atoms with Gasteiger partial charge in [0.05, 0.1) is 4.88 Å². The van der Waals surface area contributed by atoms with Crippen LogP contribution in [-0.2, 0) is 6.54 Å². The Morgan fingerprint density at radius 1 is 1.50 bits per heavy atom. The van der Waals surface area contributed by atoms with Crippen LogP contribution in [0.4, 0.5) is 0 Å². The van der Waals surface area contributed by atoms with Crippen LogP contribution in [0.25, 0.3) is 10.7 Å². The van der Waals surface area contributed by atoms with E-state index in [9.17, 15) is 0 Å². The smallest absolute Gasteiger partial charge is 0.195 e. The van der Waals surface area contributed by atoms with Crippen molar-refractivity contribution in [1.82, 2.24) is 14.8 Å². The van der Waals surface area contributed by atoms with Crippen molar-refractivity contribution in [3.63, 3.8) is 0 Å². The van der Waals surface area contributed by atoms with Crippen LogP contribution in [-0.4, -0.2) is 14.8 Å². The number of aromatic amines is 1. The summed E-state index contributed by atoms with van der Waals surface area (Å²) in [7, 11) is 0. The monoisotopic (exact) mass is 307 g/mol. The van der Waals surface area contributed by atoms with E-state index in [1.54, 1.807) is 11.3 Å². The zero-order valence-corrected chi connectivity index (χ0v) is 13.5. The topological polar surface area (TPSA) is 33.6 Å². The molecule has 2 aromatic heterocycles. The second kappa shape index (κ2) is 6.22. The number of thiophene rings is 1. The van der Waals surface area contributed by atoms with Gasteiger partial charge in [-0.15, -0.1) is 11.3 Å². The molecule has 108 valence electrons. The van der Waals surface area contributed by atoms with Crippen LogP contribution >= 0.6 is 23.6 Å². The number of aromatic nitrogens is 3. The van der Waals surface area contributed by atoms with Gasteiger partial charge >= 0.3 is 0 Å². The van der Waals surface area contributed by atoms with Crippen molar-refractivity contribution in [2.75, 3.05) is 0 Å². The quantitative estimate of drug-likeness (QED) is 0.816. The van der Waals surface area contributed by atoms with Gasteiger partial charge in [0, 0.05) is 6.54 Å². The Kier molecular flexibility index (Phi) is 4.36. The Morgan fingerprint density at radius 2 is 2.40 bits per heavy atom. The minimum Gasteiger partial charge on any atom is -0.299 e. The van der Waals surface area contributed by atoms with Gasteiger partial charge in [-0.25, -0.2) is 0 Å². The summed E-state index contributed by atoms with van der Waals surface area (Å²) in [6.45, 7) is 3.37. The molecule has 0 saturated heterocycles. The van der Waals surface area contributed by atoms with Crippen molar-refractivity contribution in [2.45, 2.75) is 45.6 Å². The normalized spacial score (nSPS) is 23.1. The largest absolute Gasteiger partial charge is 0.299 e. The standard InChI is InChI=1S/C15H21N3S2/c1-11-4-2-5-12(10-11)7-8-18-14(16-17-15(18)19)13-6-3-9-20-13/h3,6,9,11-12H,2,4-5,7-8,10H2,1H3,(H,17,19). The molecule has 0 spiro atoms. The molecule has 1 fully saturated rings. The lowest BCUT2D eigenvalue weighted by Gasteiger charge is -2.26. The zero-order chi connectivity index (χ0) is 13.9. The third-order valence-electron chi connectivity index (χ3n) is 4.31. The van der Waals surface area contributed by atoms with E-state index in [0.29, 0.717) is 0 Å². The van der Waals surface area contributed by atoms with Crippen molar-refractivity contribution in [3.8, 4) is 10.7 Å². The summed E-state index contributed by atoms with van der Waals surface area (Å²) >= 11 is 7.10. The van der Waals surface area contributed by atoms with Gasteiger partial charge in [0.1, 0.15) is 0 Å². The lowest BCUT2D eigenvalue weighted by molar-refractivity contribution is 0.261. The molecule has 20 heavy (non-hydrogen) atoms. The van der Waals surface area contributed by atoms with Crippen LogP contribution < -0.4 is 0 Å². The van der Waals surface area contributed by atoms with E-state index in [1.807, 2.05) is 0 Å². The molecule has 2 aromatic rings. The van der Waals surface area contributed by atoms with Crippen molar-refractivity contribution >= 4 is 23.6 Å². The molecule has 3 rings (SSSR count). The lowest BCUT2D eigenvalue weighted by atomic mass is 9.81. The van der Waals surface area contributed by atoms with E-state index >= 15 is 0 Å². The molecule has 1 aliphatic rings. The summed E-state index contributed by atoms with van der Waals surface area (Å²) < 4.78 is 2.91. The highest BCUT2D eigenvalue weighted by atomic mass is 32.1. The zero-order valence-electron chi connectivity index (χ0n) is 11.8. The average Bonchev–Trinajstić information content (AvgIpc) is 3.06. The molecular formula is C15H21N3S2. The van der Waals surface area contributed by atoms with Gasteiger partial charge in [-0.3, -0.25) is 9.67 Å². The predicted molar refractivity (Wildman–Crippen MR) is 86.5 cm³/mol. The summed E-state index contributed by atoms with van der Waals surface area (Å²) in [6.07, 6.45) is 6.77. The molecule has 0 radical (unpaired) electrons. The van der Waals surface area contributed by atoms with Crippen LogP contribution in [0.2, 0.25) is 0 Å². The molecule has 3 nitrogen and oxygen atoms in total. The fourth-order valence-corrected chi connectivity index (χ4v) is 4.20. The van der Waals surface area contributed by atoms with Crippen LogP contribution in [0.15, 0.2) is 17.5 Å². The van der Waals surface area contributed by atoms with Crippen molar-refractivity contribution in [3.05, 3.63) is 22.3 Å². The first-order valence-corrected chi connectivity index (χ1v) is 8.72. The highest BCUT2D eigenvalue weighted by molar-refractivity contribution is 7.71. The molecule has 0 aliphatic heterocycles. The number of nitrogens with zero attached hydrogens (tertiary/aromatic N) is 2. The van der Waals surface area contributed by atoms with Gasteiger partial charge in [0.25, 0.3) is 0 Å². The van der Waals surface area contributed by atoms with Crippen LogP contribution in [0.5, 0.6) is 0 Å². The van der Waals surface area contributed by atoms with Gasteiger partial charge in [-0.2, -0.15) is 5.10 Å². The number of rotatable bonds is 4. The van der Waals surface area contributed by atoms with Gasteiger partial charge in [-0.05, 0) is 48.3 Å². The minimum atomic E-state index is 0.747. The van der Waals surface area contributed by atoms with E-state index < -0.39 is 0 Å². The number of H-pyrrole nitrogens is 1. The molecule has 2 atom stereocenters. The second-order valence-electron chi connectivity index (χ2n) is 5.91. The first-order valence-electron chi connectivity index (χ1n) is 7.43. The molecule has 2 heterocycles. The number of nitrogens with one attached hydrogen (secondary N) is 1. The molecule has 0 aromatic carbocycles. The molecular weight excluding hydrogens is 286 g/mol. The maximum absolute atomic E-state index is 5.39. The maximum Gasteiger partial charge on any atom is 0.195 e. The molecule has 0 amide bonds. The first kappa shape index (κ1) is 14.0. The van der Waals surface area contributed by atoms with Gasteiger partial charge < -0.3 is 0 Å². The van der Waals surface area contributed by atoms with Crippen LogP contribution in [0, 0.1) is 16.6 Å². The molecule has 2 unspecified atom stereocenters. The highest BCUT2D eigenvalue weighted by Crippen LogP contribution is 2.31. The summed E-state index contributed by atoms with van der Waals surface area (Å²) in [5.74, 6) is 2.74. The Hall–Kier alpha value is -0.940. The van der Waals surface area contributed by atoms with Crippen LogP contribution in [0.1, 0.15) is 39.0 Å². The molecule has 5 heteroatoms. The third-order valence-corrected chi connectivity index (χ3v) is 5.48. The summed E-state index contributed by atoms with van der Waals surface area (Å²) in [5, 5.41) is 9.42. The van der Waals surface area contributed by atoms with Crippen molar-refractivity contribution in [2.24, 2.45) is 11.8 Å². The third kappa shape index (κ3) is 3.04. The van der Waals surface area contributed by atoms with Crippen molar-refractivity contribution in [1.29, 1.82) is 0 Å². The van der Waals surface area contributed by atoms with E-state index in [1.165, 1.54) is 37.0 Å². The fourth-order valence-electron chi connectivity index (χ4n) is 3.25.